The first-order chi connectivity index (χ1) is 16.0. The number of hydrogen-bond donors (Lipinski definition) is 2. The fraction of sp³-hybridized carbons (Fsp3) is 0.259. The predicted octanol–water partition coefficient (Wildman–Crippen LogP) is 5.55. The molecule has 6 heteroatoms. The molecule has 0 aromatic heterocycles. The topological polar surface area (TPSA) is 72.0 Å². The van der Waals surface area contributed by atoms with Crippen LogP contribution in [0.25, 0.3) is 0 Å². The minimum atomic E-state index is -0.261. The second-order valence-corrected chi connectivity index (χ2v) is 8.14. The van der Waals surface area contributed by atoms with E-state index in [9.17, 15) is 4.79 Å². The zero-order valence-electron chi connectivity index (χ0n) is 19.5. The Balaban J connectivity index is 1.44. The molecule has 0 radical (unpaired) electrons. The number of methoxy groups -OCH3 is 2. The van der Waals surface area contributed by atoms with Crippen LogP contribution in [0.3, 0.4) is 0 Å². The van der Waals surface area contributed by atoms with Gasteiger partial charge in [-0.05, 0) is 72.9 Å². The molecule has 0 atom stereocenters. The Hall–Kier alpha value is -3.80. The van der Waals surface area contributed by atoms with Gasteiger partial charge in [-0.2, -0.15) is 0 Å². The molecule has 0 saturated carbocycles. The van der Waals surface area contributed by atoms with Gasteiger partial charge >= 0.3 is 6.03 Å². The van der Waals surface area contributed by atoms with Gasteiger partial charge in [-0.1, -0.05) is 24.3 Å². The molecule has 2 N–H and O–H groups in total. The normalized spacial score (nSPS) is 12.4. The summed E-state index contributed by atoms with van der Waals surface area (Å²) in [4.78, 5) is 17.2. The molecule has 6 nitrogen and oxygen atoms in total. The summed E-state index contributed by atoms with van der Waals surface area (Å²) in [6.07, 6.45) is 1.59. The summed E-state index contributed by atoms with van der Waals surface area (Å²) in [5.41, 5.74) is 8.23. The Morgan fingerprint density at radius 3 is 2.42 bits per heavy atom. The smallest absolute Gasteiger partial charge is 0.323 e. The van der Waals surface area contributed by atoms with Crippen LogP contribution in [-0.4, -0.2) is 32.5 Å². The van der Waals surface area contributed by atoms with E-state index in [0.29, 0.717) is 12.2 Å². The number of nitrogens with one attached hydrogen (secondary N) is 2. The number of aliphatic imine (C=N–C) groups is 1. The SMILES string of the molecule is COc1cc2c(cc1OC)C(Cc1ccc(NC(=O)Nc3cccc(C)c3C)cc1)=NCC2. The van der Waals surface area contributed by atoms with E-state index in [0.717, 1.165) is 58.1 Å². The van der Waals surface area contributed by atoms with E-state index in [1.54, 1.807) is 14.2 Å². The molecule has 1 aliphatic rings. The number of ether oxygens (including phenoxy) is 2. The minimum Gasteiger partial charge on any atom is -0.493 e. The minimum absolute atomic E-state index is 0.261. The molecule has 3 aromatic rings. The van der Waals surface area contributed by atoms with E-state index in [1.165, 1.54) is 5.56 Å². The highest BCUT2D eigenvalue weighted by molar-refractivity contribution is 6.04. The van der Waals surface area contributed by atoms with Gasteiger partial charge in [0, 0.05) is 35.6 Å². The summed E-state index contributed by atoms with van der Waals surface area (Å²) >= 11 is 0. The number of aryl methyl sites for hydroxylation is 1. The molecule has 3 aromatic carbocycles. The summed E-state index contributed by atoms with van der Waals surface area (Å²) < 4.78 is 10.9. The first-order valence-corrected chi connectivity index (χ1v) is 11.0. The van der Waals surface area contributed by atoms with Gasteiger partial charge in [0.05, 0.1) is 14.2 Å². The monoisotopic (exact) mass is 443 g/mol. The predicted molar refractivity (Wildman–Crippen MR) is 133 cm³/mol. The lowest BCUT2D eigenvalue weighted by Crippen LogP contribution is -2.20. The number of fused-ring (bicyclic) bond motifs is 1. The van der Waals surface area contributed by atoms with Crippen LogP contribution in [-0.2, 0) is 12.8 Å². The molecule has 0 bridgehead atoms. The standard InChI is InChI=1S/C27H29N3O3/c1-17-6-5-7-23(18(17)2)30-27(31)29-21-10-8-19(9-11-21)14-24-22-16-26(33-4)25(32-3)15-20(22)12-13-28-24/h5-11,15-16H,12-14H2,1-4H3,(H2,29,30,31). The molecule has 0 saturated heterocycles. The summed E-state index contributed by atoms with van der Waals surface area (Å²) in [6, 6.07) is 17.5. The molecule has 0 aliphatic carbocycles. The molecule has 1 heterocycles. The van der Waals surface area contributed by atoms with Gasteiger partial charge < -0.3 is 20.1 Å². The van der Waals surface area contributed by atoms with Crippen molar-refractivity contribution in [2.24, 2.45) is 4.99 Å². The number of hydrogen-bond acceptors (Lipinski definition) is 4. The first-order valence-electron chi connectivity index (χ1n) is 11.0. The van der Waals surface area contributed by atoms with Crippen LogP contribution in [0.5, 0.6) is 11.5 Å². The van der Waals surface area contributed by atoms with Gasteiger partial charge in [0.2, 0.25) is 0 Å². The molecule has 1 aliphatic heterocycles. The van der Waals surface area contributed by atoms with Crippen molar-refractivity contribution in [1.82, 2.24) is 0 Å². The second-order valence-electron chi connectivity index (χ2n) is 8.14. The number of anilines is 2. The number of amides is 2. The fourth-order valence-corrected chi connectivity index (χ4v) is 4.01. The largest absolute Gasteiger partial charge is 0.493 e. The molecule has 0 fully saturated rings. The number of rotatable bonds is 6. The fourth-order valence-electron chi connectivity index (χ4n) is 4.01. The van der Waals surface area contributed by atoms with Crippen molar-refractivity contribution in [2.75, 3.05) is 31.4 Å². The first kappa shape index (κ1) is 22.4. The van der Waals surface area contributed by atoms with E-state index in [2.05, 4.69) is 10.6 Å². The van der Waals surface area contributed by atoms with Crippen molar-refractivity contribution >= 4 is 23.1 Å². The highest BCUT2D eigenvalue weighted by atomic mass is 16.5. The lowest BCUT2D eigenvalue weighted by Gasteiger charge is -2.20. The van der Waals surface area contributed by atoms with Crippen molar-refractivity contribution in [3.63, 3.8) is 0 Å². The highest BCUT2D eigenvalue weighted by Gasteiger charge is 2.18. The number of carbonyl (C=O) groups excluding carboxylic acids is 1. The van der Waals surface area contributed by atoms with Crippen molar-refractivity contribution in [1.29, 1.82) is 0 Å². The molecular formula is C27H29N3O3. The van der Waals surface area contributed by atoms with Crippen LogP contribution in [0.2, 0.25) is 0 Å². The maximum Gasteiger partial charge on any atom is 0.323 e. The maximum absolute atomic E-state index is 12.4. The molecule has 2 amide bonds. The Labute approximate surface area is 194 Å². The van der Waals surface area contributed by atoms with Crippen LogP contribution in [0.15, 0.2) is 59.6 Å². The quantitative estimate of drug-likeness (QED) is 0.524. The maximum atomic E-state index is 12.4. The number of urea groups is 1. The molecule has 33 heavy (non-hydrogen) atoms. The number of benzene rings is 3. The van der Waals surface area contributed by atoms with E-state index >= 15 is 0 Å². The molecule has 170 valence electrons. The van der Waals surface area contributed by atoms with Crippen molar-refractivity contribution in [3.05, 3.63) is 82.4 Å². The second kappa shape index (κ2) is 9.77. The number of carbonyl (C=O) groups is 1. The van der Waals surface area contributed by atoms with Crippen molar-refractivity contribution in [3.8, 4) is 11.5 Å². The van der Waals surface area contributed by atoms with Gasteiger partial charge in [0.1, 0.15) is 0 Å². The van der Waals surface area contributed by atoms with Crippen molar-refractivity contribution < 1.29 is 14.3 Å². The molecule has 4 rings (SSSR count). The van der Waals surface area contributed by atoms with Gasteiger partial charge in [0.25, 0.3) is 0 Å². The molecule has 0 unspecified atom stereocenters. The van der Waals surface area contributed by atoms with Gasteiger partial charge in [-0.3, -0.25) is 4.99 Å². The Morgan fingerprint density at radius 1 is 0.970 bits per heavy atom. The summed E-state index contributed by atoms with van der Waals surface area (Å²) in [5, 5.41) is 5.82. The average molecular weight is 444 g/mol. The third-order valence-electron chi connectivity index (χ3n) is 6.04. The van der Waals surface area contributed by atoms with Crippen molar-refractivity contribution in [2.45, 2.75) is 26.7 Å². The van der Waals surface area contributed by atoms with E-state index in [4.69, 9.17) is 14.5 Å². The van der Waals surface area contributed by atoms with E-state index in [1.807, 2.05) is 68.4 Å². The highest BCUT2D eigenvalue weighted by Crippen LogP contribution is 2.33. The zero-order valence-corrected chi connectivity index (χ0v) is 19.5. The summed E-state index contributed by atoms with van der Waals surface area (Å²) in [7, 11) is 3.30. The lowest BCUT2D eigenvalue weighted by atomic mass is 9.93. The third kappa shape index (κ3) is 5.00. The van der Waals surface area contributed by atoms with Crippen LogP contribution in [0.4, 0.5) is 16.2 Å². The van der Waals surface area contributed by atoms with Crippen LogP contribution < -0.4 is 20.1 Å². The Kier molecular flexibility index (Phi) is 6.63. The Bertz CT molecular complexity index is 1200. The zero-order chi connectivity index (χ0) is 23.4. The third-order valence-corrected chi connectivity index (χ3v) is 6.04. The van der Waals surface area contributed by atoms with Gasteiger partial charge in [-0.15, -0.1) is 0 Å². The Morgan fingerprint density at radius 2 is 1.70 bits per heavy atom. The lowest BCUT2D eigenvalue weighted by molar-refractivity contribution is 0.262. The van der Waals surface area contributed by atoms with Gasteiger partial charge in [-0.25, -0.2) is 4.79 Å². The molecule has 0 spiro atoms. The summed E-state index contributed by atoms with van der Waals surface area (Å²) in [6.45, 7) is 4.78. The van der Waals surface area contributed by atoms with Crippen LogP contribution in [0, 0.1) is 13.8 Å². The average Bonchev–Trinajstić information content (AvgIpc) is 2.82. The van der Waals surface area contributed by atoms with Gasteiger partial charge in [0.15, 0.2) is 11.5 Å². The van der Waals surface area contributed by atoms with E-state index < -0.39 is 0 Å². The molecular weight excluding hydrogens is 414 g/mol. The van der Waals surface area contributed by atoms with E-state index in [-0.39, 0.29) is 6.03 Å². The summed E-state index contributed by atoms with van der Waals surface area (Å²) in [5.74, 6) is 1.45. The number of nitrogens with zero attached hydrogens (tertiary/aromatic N) is 1. The van der Waals surface area contributed by atoms with Crippen LogP contribution >= 0.6 is 0 Å². The van der Waals surface area contributed by atoms with Crippen LogP contribution in [0.1, 0.15) is 27.8 Å².